The molecule has 2 aromatic rings. The van der Waals surface area contributed by atoms with E-state index in [9.17, 15) is 4.79 Å². The summed E-state index contributed by atoms with van der Waals surface area (Å²) in [6.07, 6.45) is 4.26. The fourth-order valence-corrected chi connectivity index (χ4v) is 3.68. The predicted molar refractivity (Wildman–Crippen MR) is 95.8 cm³/mol. The van der Waals surface area contributed by atoms with E-state index in [0.717, 1.165) is 43.6 Å². The number of nitrogens with one attached hydrogen (secondary N) is 1. The third kappa shape index (κ3) is 3.22. The molecule has 1 aliphatic carbocycles. The van der Waals surface area contributed by atoms with Crippen molar-refractivity contribution < 1.29 is 4.79 Å². The number of carbonyl (C=O) groups is 1. The molecule has 1 N–H and O–H groups in total. The molecule has 0 aromatic heterocycles. The lowest BCUT2D eigenvalue weighted by Crippen LogP contribution is -2.36. The lowest BCUT2D eigenvalue weighted by atomic mass is 10.0. The van der Waals surface area contributed by atoms with Crippen LogP contribution in [0.3, 0.4) is 0 Å². The Hall–Kier alpha value is -1.94. The van der Waals surface area contributed by atoms with Gasteiger partial charge in [-0.15, -0.1) is 0 Å². The molecule has 3 nitrogen and oxygen atoms in total. The highest BCUT2D eigenvalue weighted by atomic mass is 32.2. The third-order valence-electron chi connectivity index (χ3n) is 4.43. The zero-order valence-electron chi connectivity index (χ0n) is 13.0. The lowest BCUT2D eigenvalue weighted by Gasteiger charge is -2.30. The average Bonchev–Trinajstić information content (AvgIpc) is 3.45. The Kier molecular flexibility index (Phi) is 4.00. The van der Waals surface area contributed by atoms with Crippen LogP contribution in [0.2, 0.25) is 0 Å². The van der Waals surface area contributed by atoms with Crippen LogP contribution in [0.25, 0.3) is 0 Å². The number of rotatable bonds is 4. The number of amides is 1. The molecule has 0 bridgehead atoms. The molecule has 0 spiro atoms. The van der Waals surface area contributed by atoms with Crippen molar-refractivity contribution in [2.24, 2.45) is 5.92 Å². The van der Waals surface area contributed by atoms with Crippen LogP contribution in [0.1, 0.15) is 24.8 Å². The van der Waals surface area contributed by atoms with E-state index >= 15 is 0 Å². The molecule has 118 valence electrons. The number of nitrogens with zero attached hydrogens (tertiary/aromatic N) is 1. The van der Waals surface area contributed by atoms with Crippen molar-refractivity contribution in [3.63, 3.8) is 0 Å². The zero-order valence-corrected chi connectivity index (χ0v) is 13.8. The number of hydrogen-bond acceptors (Lipinski definition) is 3. The highest BCUT2D eigenvalue weighted by Gasteiger charge is 2.35. The second-order valence-corrected chi connectivity index (χ2v) is 7.11. The molecule has 0 atom stereocenters. The maximum absolute atomic E-state index is 12.5. The monoisotopic (exact) mass is 324 g/mol. The Balaban J connectivity index is 1.53. The van der Waals surface area contributed by atoms with Crippen molar-refractivity contribution in [3.05, 3.63) is 54.1 Å². The quantitative estimate of drug-likeness (QED) is 0.841. The van der Waals surface area contributed by atoms with Crippen molar-refractivity contribution in [2.75, 3.05) is 16.2 Å². The summed E-state index contributed by atoms with van der Waals surface area (Å²) >= 11 is 1.60. The second kappa shape index (κ2) is 6.28. The smallest absolute Gasteiger partial charge is 0.230 e. The van der Waals surface area contributed by atoms with Gasteiger partial charge in [0.25, 0.3) is 0 Å². The second-order valence-electron chi connectivity index (χ2n) is 6.23. The standard InChI is InChI=1S/C19H20N2OS/c22-19(15-8-9-15)21-12-4-5-14-10-11-16(13-18(14)21)20-23-17-6-2-1-3-7-17/h1-3,6-7,10-11,13,15,20H,4-5,8-9,12H2. The Morgan fingerprint density at radius 1 is 1.13 bits per heavy atom. The first kappa shape index (κ1) is 14.6. The van der Waals surface area contributed by atoms with E-state index in [2.05, 4.69) is 35.1 Å². The molecule has 2 aromatic carbocycles. The van der Waals surface area contributed by atoms with E-state index in [0.29, 0.717) is 5.91 Å². The van der Waals surface area contributed by atoms with Gasteiger partial charge >= 0.3 is 0 Å². The van der Waals surface area contributed by atoms with Crippen LogP contribution in [0.4, 0.5) is 11.4 Å². The largest absolute Gasteiger partial charge is 0.326 e. The summed E-state index contributed by atoms with van der Waals surface area (Å²) in [7, 11) is 0. The van der Waals surface area contributed by atoms with Crippen LogP contribution < -0.4 is 9.62 Å². The molecule has 1 aliphatic heterocycles. The molecular formula is C19H20N2OS. The van der Waals surface area contributed by atoms with Crippen LogP contribution in [-0.2, 0) is 11.2 Å². The number of anilines is 2. The van der Waals surface area contributed by atoms with Gasteiger partial charge < -0.3 is 9.62 Å². The molecule has 0 radical (unpaired) electrons. The Morgan fingerprint density at radius 3 is 2.74 bits per heavy atom. The molecule has 4 rings (SSSR count). The minimum Gasteiger partial charge on any atom is -0.326 e. The number of fused-ring (bicyclic) bond motifs is 1. The molecule has 1 saturated carbocycles. The molecular weight excluding hydrogens is 304 g/mol. The summed E-state index contributed by atoms with van der Waals surface area (Å²) in [6.45, 7) is 0.859. The maximum atomic E-state index is 12.5. The molecule has 23 heavy (non-hydrogen) atoms. The van der Waals surface area contributed by atoms with Gasteiger partial charge in [-0.2, -0.15) is 0 Å². The summed E-state index contributed by atoms with van der Waals surface area (Å²) in [6, 6.07) is 16.7. The zero-order chi connectivity index (χ0) is 15.6. The molecule has 1 heterocycles. The topological polar surface area (TPSA) is 32.3 Å². The summed E-state index contributed by atoms with van der Waals surface area (Å²) in [4.78, 5) is 15.7. The van der Waals surface area contributed by atoms with E-state index in [1.165, 1.54) is 10.5 Å². The van der Waals surface area contributed by atoms with Crippen LogP contribution in [0.15, 0.2) is 53.4 Å². The number of carbonyl (C=O) groups excluding carboxylic acids is 1. The van der Waals surface area contributed by atoms with E-state index in [4.69, 9.17) is 0 Å². The summed E-state index contributed by atoms with van der Waals surface area (Å²) < 4.78 is 3.39. The molecule has 2 aliphatic rings. The van der Waals surface area contributed by atoms with Gasteiger partial charge in [-0.1, -0.05) is 24.3 Å². The summed E-state index contributed by atoms with van der Waals surface area (Å²) in [5.74, 6) is 0.593. The van der Waals surface area contributed by atoms with Crippen molar-refractivity contribution >= 4 is 29.2 Å². The first-order valence-corrected chi connectivity index (χ1v) is 9.05. The molecule has 1 fully saturated rings. The van der Waals surface area contributed by atoms with E-state index in [1.54, 1.807) is 11.9 Å². The van der Waals surface area contributed by atoms with Crippen molar-refractivity contribution in [1.29, 1.82) is 0 Å². The normalized spacial score (nSPS) is 16.8. The minimum absolute atomic E-state index is 0.274. The summed E-state index contributed by atoms with van der Waals surface area (Å²) in [5.41, 5.74) is 3.44. The molecule has 4 heteroatoms. The van der Waals surface area contributed by atoms with Crippen LogP contribution >= 0.6 is 11.9 Å². The van der Waals surface area contributed by atoms with Gasteiger partial charge in [-0.3, -0.25) is 4.79 Å². The SMILES string of the molecule is O=C(C1CC1)N1CCCc2ccc(NSc3ccccc3)cc21. The van der Waals surface area contributed by atoms with Gasteiger partial charge in [0.15, 0.2) is 0 Å². The Labute approximate surface area is 141 Å². The fourth-order valence-electron chi connectivity index (χ4n) is 3.02. The van der Waals surface area contributed by atoms with Gasteiger partial charge in [0.1, 0.15) is 0 Å². The molecule has 0 saturated heterocycles. The number of aryl methyl sites for hydroxylation is 1. The van der Waals surface area contributed by atoms with Gasteiger partial charge in [-0.25, -0.2) is 0 Å². The Morgan fingerprint density at radius 2 is 1.96 bits per heavy atom. The van der Waals surface area contributed by atoms with Crippen molar-refractivity contribution in [3.8, 4) is 0 Å². The average molecular weight is 324 g/mol. The highest BCUT2D eigenvalue weighted by molar-refractivity contribution is 8.00. The van der Waals surface area contributed by atoms with Gasteiger partial charge in [0.05, 0.1) is 0 Å². The summed E-state index contributed by atoms with van der Waals surface area (Å²) in [5, 5.41) is 0. The first-order chi connectivity index (χ1) is 11.3. The first-order valence-electron chi connectivity index (χ1n) is 8.23. The Bertz CT molecular complexity index is 713. The minimum atomic E-state index is 0.274. The van der Waals surface area contributed by atoms with E-state index in [1.807, 2.05) is 23.1 Å². The van der Waals surface area contributed by atoms with Crippen LogP contribution in [-0.4, -0.2) is 12.5 Å². The van der Waals surface area contributed by atoms with E-state index < -0.39 is 0 Å². The van der Waals surface area contributed by atoms with E-state index in [-0.39, 0.29) is 5.92 Å². The third-order valence-corrected chi connectivity index (χ3v) is 5.27. The number of benzene rings is 2. The van der Waals surface area contributed by atoms with Gasteiger partial charge in [-0.05, 0) is 67.5 Å². The number of hydrogen-bond donors (Lipinski definition) is 1. The van der Waals surface area contributed by atoms with Crippen molar-refractivity contribution in [1.82, 2.24) is 0 Å². The van der Waals surface area contributed by atoms with Crippen LogP contribution in [0.5, 0.6) is 0 Å². The fraction of sp³-hybridized carbons (Fsp3) is 0.316. The van der Waals surface area contributed by atoms with Gasteiger partial charge in [0, 0.05) is 28.7 Å². The molecule has 0 unspecified atom stereocenters. The van der Waals surface area contributed by atoms with Crippen molar-refractivity contribution in [2.45, 2.75) is 30.6 Å². The van der Waals surface area contributed by atoms with Crippen LogP contribution in [0, 0.1) is 5.92 Å². The molecule has 1 amide bonds. The lowest BCUT2D eigenvalue weighted by molar-refractivity contribution is -0.119. The predicted octanol–water partition coefficient (Wildman–Crippen LogP) is 4.50. The van der Waals surface area contributed by atoms with Gasteiger partial charge in [0.2, 0.25) is 5.91 Å². The highest BCUT2D eigenvalue weighted by Crippen LogP contribution is 2.37. The maximum Gasteiger partial charge on any atom is 0.230 e.